The molecule has 1 saturated heterocycles. The first-order valence-electron chi connectivity index (χ1n) is 9.19. The van der Waals surface area contributed by atoms with Crippen molar-refractivity contribution in [2.24, 2.45) is 0 Å². The molecule has 0 radical (unpaired) electrons. The van der Waals surface area contributed by atoms with Gasteiger partial charge in [-0.1, -0.05) is 19.3 Å². The van der Waals surface area contributed by atoms with Gasteiger partial charge in [0.25, 0.3) is 0 Å². The summed E-state index contributed by atoms with van der Waals surface area (Å²) < 4.78 is 6.44. The van der Waals surface area contributed by atoms with Crippen LogP contribution in [0.1, 0.15) is 80.0 Å². The predicted octanol–water partition coefficient (Wildman–Crippen LogP) is 4.72. The Morgan fingerprint density at radius 2 is 1.86 bits per heavy atom. The van der Waals surface area contributed by atoms with Crippen LogP contribution in [0.3, 0.4) is 0 Å². The van der Waals surface area contributed by atoms with Crippen LogP contribution in [-0.2, 0) is 16.8 Å². The van der Waals surface area contributed by atoms with Crippen molar-refractivity contribution in [2.75, 3.05) is 6.61 Å². The fourth-order valence-electron chi connectivity index (χ4n) is 5.01. The van der Waals surface area contributed by atoms with Gasteiger partial charge in [0, 0.05) is 21.8 Å². The van der Waals surface area contributed by atoms with Crippen LogP contribution in [0.25, 0.3) is 0 Å². The van der Waals surface area contributed by atoms with Crippen LogP contribution in [0, 0.1) is 0 Å². The third-order valence-electron chi connectivity index (χ3n) is 5.84. The summed E-state index contributed by atoms with van der Waals surface area (Å²) in [5, 5.41) is 3.68. The molecule has 1 spiro atoms. The highest BCUT2D eigenvalue weighted by Gasteiger charge is 2.45. The smallest absolute Gasteiger partial charge is 0.105 e. The lowest BCUT2D eigenvalue weighted by molar-refractivity contribution is -0.0932. The Bertz CT molecular complexity index is 522. The summed E-state index contributed by atoms with van der Waals surface area (Å²) in [5.41, 5.74) is 1.62. The van der Waals surface area contributed by atoms with Crippen molar-refractivity contribution in [3.8, 4) is 0 Å². The van der Waals surface area contributed by atoms with Gasteiger partial charge in [0.1, 0.15) is 5.60 Å². The first-order valence-corrected chi connectivity index (χ1v) is 10.0. The number of hydrogen-bond acceptors (Lipinski definition) is 3. The fourth-order valence-corrected chi connectivity index (χ4v) is 6.55. The summed E-state index contributed by atoms with van der Waals surface area (Å²) >= 11 is 2.10. The average molecular weight is 320 g/mol. The Labute approximate surface area is 138 Å². The molecule has 1 saturated carbocycles. The Morgan fingerprint density at radius 3 is 2.59 bits per heavy atom. The second-order valence-electron chi connectivity index (χ2n) is 7.81. The van der Waals surface area contributed by atoms with Crippen molar-refractivity contribution in [2.45, 2.75) is 88.8 Å². The van der Waals surface area contributed by atoms with Gasteiger partial charge >= 0.3 is 0 Å². The Balaban J connectivity index is 1.67. The number of hydrogen-bond donors (Lipinski definition) is 1. The third kappa shape index (κ3) is 2.65. The van der Waals surface area contributed by atoms with E-state index in [1.54, 1.807) is 15.3 Å². The molecule has 0 bridgehead atoms. The monoisotopic (exact) mass is 319 g/mol. The van der Waals surface area contributed by atoms with E-state index in [0.29, 0.717) is 12.1 Å². The van der Waals surface area contributed by atoms with E-state index in [-0.39, 0.29) is 5.60 Å². The lowest BCUT2D eigenvalue weighted by atomic mass is 9.80. The molecule has 122 valence electrons. The van der Waals surface area contributed by atoms with E-state index < -0.39 is 0 Å². The lowest BCUT2D eigenvalue weighted by Gasteiger charge is -2.45. The summed E-state index contributed by atoms with van der Waals surface area (Å²) in [4.78, 5) is 3.24. The minimum absolute atomic E-state index is 0.00918. The highest BCUT2D eigenvalue weighted by molar-refractivity contribution is 7.12. The lowest BCUT2D eigenvalue weighted by Crippen LogP contribution is -2.52. The molecule has 2 nitrogen and oxygen atoms in total. The van der Waals surface area contributed by atoms with Gasteiger partial charge in [0.05, 0.1) is 6.61 Å². The van der Waals surface area contributed by atoms with Crippen molar-refractivity contribution in [3.05, 3.63) is 21.4 Å². The van der Waals surface area contributed by atoms with Crippen LogP contribution in [-0.4, -0.2) is 18.7 Å². The first-order chi connectivity index (χ1) is 10.7. The van der Waals surface area contributed by atoms with Gasteiger partial charge in [-0.15, -0.1) is 11.3 Å². The molecule has 0 aromatic carbocycles. The van der Waals surface area contributed by atoms with Crippen molar-refractivity contribution in [1.29, 1.82) is 0 Å². The van der Waals surface area contributed by atoms with E-state index in [1.807, 2.05) is 0 Å². The summed E-state index contributed by atoms with van der Waals surface area (Å²) in [6.07, 6.45) is 10.5. The van der Waals surface area contributed by atoms with Crippen molar-refractivity contribution in [3.63, 3.8) is 0 Å². The van der Waals surface area contributed by atoms with Gasteiger partial charge in [0.2, 0.25) is 0 Å². The molecule has 3 heterocycles. The van der Waals surface area contributed by atoms with Crippen LogP contribution >= 0.6 is 11.3 Å². The molecule has 1 aromatic rings. The van der Waals surface area contributed by atoms with Crippen molar-refractivity contribution >= 4 is 11.3 Å². The maximum absolute atomic E-state index is 6.44. The molecule has 4 rings (SSSR count). The summed E-state index contributed by atoms with van der Waals surface area (Å²) in [7, 11) is 0. The minimum Gasteiger partial charge on any atom is -0.369 e. The number of ether oxygens (including phenoxy) is 1. The molecule has 3 aliphatic rings. The van der Waals surface area contributed by atoms with Crippen LogP contribution in [0.2, 0.25) is 0 Å². The van der Waals surface area contributed by atoms with Crippen LogP contribution in [0.5, 0.6) is 0 Å². The number of thiophene rings is 1. The van der Waals surface area contributed by atoms with E-state index >= 15 is 0 Å². The molecule has 3 heteroatoms. The zero-order valence-electron chi connectivity index (χ0n) is 14.0. The molecule has 1 aliphatic carbocycles. The van der Waals surface area contributed by atoms with Crippen molar-refractivity contribution in [1.82, 2.24) is 5.32 Å². The highest BCUT2D eigenvalue weighted by Crippen LogP contribution is 2.49. The normalized spacial score (nSPS) is 36.5. The van der Waals surface area contributed by atoms with Crippen LogP contribution in [0.15, 0.2) is 6.07 Å². The first kappa shape index (κ1) is 15.2. The molecule has 1 aromatic heterocycles. The highest BCUT2D eigenvalue weighted by atomic mass is 32.1. The molecule has 2 fully saturated rings. The van der Waals surface area contributed by atoms with Gasteiger partial charge in [-0.25, -0.2) is 0 Å². The van der Waals surface area contributed by atoms with Gasteiger partial charge < -0.3 is 10.1 Å². The number of rotatable bonds is 1. The summed E-state index contributed by atoms with van der Waals surface area (Å²) in [5.74, 6) is 0.831. The molecular formula is C19H29NOS. The Hall–Kier alpha value is -0.380. The zero-order chi connectivity index (χ0) is 15.2. The fraction of sp³-hybridized carbons (Fsp3) is 0.789. The SMILES string of the molecule is C[C@@H]1CC2(C[C@H](C)N1)OCCc1cc(C3CCCCC3)sc12. The quantitative estimate of drug-likeness (QED) is 0.808. The molecular weight excluding hydrogens is 290 g/mol. The molecule has 1 N–H and O–H groups in total. The van der Waals surface area contributed by atoms with E-state index in [4.69, 9.17) is 4.74 Å². The van der Waals surface area contributed by atoms with E-state index in [0.717, 1.165) is 31.8 Å². The largest absolute Gasteiger partial charge is 0.369 e. The zero-order valence-corrected chi connectivity index (χ0v) is 14.8. The van der Waals surface area contributed by atoms with E-state index in [2.05, 4.69) is 36.6 Å². The Kier molecular flexibility index (Phi) is 4.08. The Morgan fingerprint density at radius 1 is 1.14 bits per heavy atom. The minimum atomic E-state index is 0.00918. The van der Waals surface area contributed by atoms with Gasteiger partial charge in [0.15, 0.2) is 0 Å². The molecule has 0 amide bonds. The predicted molar refractivity (Wildman–Crippen MR) is 92.8 cm³/mol. The maximum Gasteiger partial charge on any atom is 0.105 e. The summed E-state index contributed by atoms with van der Waals surface area (Å²) in [6, 6.07) is 3.65. The maximum atomic E-state index is 6.44. The van der Waals surface area contributed by atoms with E-state index in [9.17, 15) is 0 Å². The molecule has 1 unspecified atom stereocenters. The number of fused-ring (bicyclic) bond motifs is 2. The topological polar surface area (TPSA) is 21.3 Å². The standard InChI is InChI=1S/C19H29NOS/c1-13-11-19(12-14(2)20-13)18-16(8-9-21-19)10-17(22-18)15-6-4-3-5-7-15/h10,13-15,20H,3-9,11-12H2,1-2H3/t13-,14+,19?. The number of piperidine rings is 1. The van der Waals surface area contributed by atoms with Crippen molar-refractivity contribution < 1.29 is 4.74 Å². The second kappa shape index (κ2) is 5.92. The molecule has 2 aliphatic heterocycles. The average Bonchev–Trinajstić information content (AvgIpc) is 2.93. The van der Waals surface area contributed by atoms with Crippen LogP contribution < -0.4 is 5.32 Å². The van der Waals surface area contributed by atoms with Gasteiger partial charge in [-0.2, -0.15) is 0 Å². The number of nitrogens with one attached hydrogen (secondary N) is 1. The van der Waals surface area contributed by atoms with Gasteiger partial charge in [-0.05, 0) is 63.5 Å². The van der Waals surface area contributed by atoms with E-state index in [1.165, 1.54) is 32.1 Å². The van der Waals surface area contributed by atoms with Gasteiger partial charge in [-0.3, -0.25) is 0 Å². The van der Waals surface area contributed by atoms with Crippen LogP contribution in [0.4, 0.5) is 0 Å². The third-order valence-corrected chi connectivity index (χ3v) is 7.37. The summed E-state index contributed by atoms with van der Waals surface area (Å²) in [6.45, 7) is 5.53. The molecule has 3 atom stereocenters. The molecule has 22 heavy (non-hydrogen) atoms. The second-order valence-corrected chi connectivity index (χ2v) is 8.89.